The van der Waals surface area contributed by atoms with Crippen LogP contribution in [-0.2, 0) is 0 Å². The van der Waals surface area contributed by atoms with Crippen LogP contribution in [0, 0.1) is 6.92 Å². The van der Waals surface area contributed by atoms with Gasteiger partial charge in [0.25, 0.3) is 0 Å². The molecule has 1 atom stereocenters. The SMILES string of the molecule is COc1cccc(OC)c1OCC(N)c1ccc(C)cc1. The van der Waals surface area contributed by atoms with Crippen LogP contribution in [0.2, 0.25) is 0 Å². The summed E-state index contributed by atoms with van der Waals surface area (Å²) in [4.78, 5) is 0. The van der Waals surface area contributed by atoms with Crippen molar-refractivity contribution < 1.29 is 14.2 Å². The van der Waals surface area contributed by atoms with E-state index in [0.29, 0.717) is 23.9 Å². The number of aryl methyl sites for hydroxylation is 1. The predicted octanol–water partition coefficient (Wildman–Crippen LogP) is 3.09. The summed E-state index contributed by atoms with van der Waals surface area (Å²) >= 11 is 0. The van der Waals surface area contributed by atoms with E-state index in [0.717, 1.165) is 5.56 Å². The van der Waals surface area contributed by atoms with Gasteiger partial charge in [-0.2, -0.15) is 0 Å². The molecule has 21 heavy (non-hydrogen) atoms. The quantitative estimate of drug-likeness (QED) is 0.887. The summed E-state index contributed by atoms with van der Waals surface area (Å²) in [6, 6.07) is 13.4. The molecule has 1 unspecified atom stereocenters. The highest BCUT2D eigenvalue weighted by atomic mass is 16.5. The van der Waals surface area contributed by atoms with E-state index in [1.54, 1.807) is 14.2 Å². The molecule has 0 aliphatic heterocycles. The number of para-hydroxylation sites is 1. The molecule has 2 N–H and O–H groups in total. The van der Waals surface area contributed by atoms with E-state index in [1.165, 1.54) is 5.56 Å². The fraction of sp³-hybridized carbons (Fsp3) is 0.294. The highest BCUT2D eigenvalue weighted by molar-refractivity contribution is 5.51. The van der Waals surface area contributed by atoms with Crippen molar-refractivity contribution in [1.82, 2.24) is 0 Å². The molecule has 2 rings (SSSR count). The molecule has 4 nitrogen and oxygen atoms in total. The van der Waals surface area contributed by atoms with Crippen molar-refractivity contribution in [3.63, 3.8) is 0 Å². The average molecular weight is 287 g/mol. The number of ether oxygens (including phenoxy) is 3. The molecule has 0 radical (unpaired) electrons. The van der Waals surface area contributed by atoms with Gasteiger partial charge in [-0.15, -0.1) is 0 Å². The third-order valence-electron chi connectivity index (χ3n) is 3.30. The smallest absolute Gasteiger partial charge is 0.203 e. The van der Waals surface area contributed by atoms with Crippen molar-refractivity contribution >= 4 is 0 Å². The summed E-state index contributed by atoms with van der Waals surface area (Å²) < 4.78 is 16.4. The third-order valence-corrected chi connectivity index (χ3v) is 3.30. The van der Waals surface area contributed by atoms with Gasteiger partial charge in [-0.1, -0.05) is 35.9 Å². The van der Waals surface area contributed by atoms with Crippen LogP contribution in [0.15, 0.2) is 42.5 Å². The maximum absolute atomic E-state index is 6.17. The Hall–Kier alpha value is -2.20. The molecule has 0 fully saturated rings. The van der Waals surface area contributed by atoms with Gasteiger partial charge in [0.05, 0.1) is 20.3 Å². The highest BCUT2D eigenvalue weighted by Gasteiger charge is 2.14. The third kappa shape index (κ3) is 3.67. The molecule has 0 aromatic heterocycles. The average Bonchev–Trinajstić information content (AvgIpc) is 2.52. The van der Waals surface area contributed by atoms with Crippen molar-refractivity contribution in [3.05, 3.63) is 53.6 Å². The Morgan fingerprint density at radius 2 is 1.52 bits per heavy atom. The van der Waals surface area contributed by atoms with Gasteiger partial charge in [-0.3, -0.25) is 0 Å². The fourth-order valence-corrected chi connectivity index (χ4v) is 2.04. The van der Waals surface area contributed by atoms with E-state index >= 15 is 0 Å². The molecule has 0 saturated carbocycles. The van der Waals surface area contributed by atoms with Crippen LogP contribution in [-0.4, -0.2) is 20.8 Å². The highest BCUT2D eigenvalue weighted by Crippen LogP contribution is 2.37. The first-order chi connectivity index (χ1) is 10.2. The van der Waals surface area contributed by atoms with Gasteiger partial charge >= 0.3 is 0 Å². The number of methoxy groups -OCH3 is 2. The number of hydrogen-bond donors (Lipinski definition) is 1. The summed E-state index contributed by atoms with van der Waals surface area (Å²) in [7, 11) is 3.20. The second-order valence-corrected chi connectivity index (χ2v) is 4.82. The molecule has 0 saturated heterocycles. The molecule has 112 valence electrons. The van der Waals surface area contributed by atoms with Gasteiger partial charge in [-0.05, 0) is 24.6 Å². The second-order valence-electron chi connectivity index (χ2n) is 4.82. The van der Waals surface area contributed by atoms with Crippen molar-refractivity contribution in [2.45, 2.75) is 13.0 Å². The monoisotopic (exact) mass is 287 g/mol. The summed E-state index contributed by atoms with van der Waals surface area (Å²) in [5, 5.41) is 0. The Balaban J connectivity index is 2.10. The summed E-state index contributed by atoms with van der Waals surface area (Å²) in [5.74, 6) is 1.83. The fourth-order valence-electron chi connectivity index (χ4n) is 2.04. The zero-order valence-electron chi connectivity index (χ0n) is 12.6. The number of rotatable bonds is 6. The van der Waals surface area contributed by atoms with E-state index in [2.05, 4.69) is 0 Å². The van der Waals surface area contributed by atoms with E-state index in [4.69, 9.17) is 19.9 Å². The van der Waals surface area contributed by atoms with Crippen molar-refractivity contribution in [2.24, 2.45) is 5.73 Å². The predicted molar refractivity (Wildman–Crippen MR) is 83.1 cm³/mol. The topological polar surface area (TPSA) is 53.7 Å². The molecule has 0 aliphatic rings. The maximum Gasteiger partial charge on any atom is 0.203 e. The first kappa shape index (κ1) is 15.2. The minimum absolute atomic E-state index is 0.208. The van der Waals surface area contributed by atoms with E-state index in [9.17, 15) is 0 Å². The Morgan fingerprint density at radius 1 is 0.952 bits per heavy atom. The molecular formula is C17H21NO3. The lowest BCUT2D eigenvalue weighted by Gasteiger charge is -2.17. The van der Waals surface area contributed by atoms with Crippen molar-refractivity contribution in [3.8, 4) is 17.2 Å². The standard InChI is InChI=1S/C17H21NO3/c1-12-7-9-13(10-8-12)14(18)11-21-17-15(19-2)5-4-6-16(17)20-3/h4-10,14H,11,18H2,1-3H3. The van der Waals surface area contributed by atoms with Gasteiger partial charge in [-0.25, -0.2) is 0 Å². The zero-order chi connectivity index (χ0) is 15.2. The lowest BCUT2D eigenvalue weighted by Crippen LogP contribution is -2.19. The molecule has 0 bridgehead atoms. The first-order valence-corrected chi connectivity index (χ1v) is 6.81. The zero-order valence-corrected chi connectivity index (χ0v) is 12.6. The number of benzene rings is 2. The van der Waals surface area contributed by atoms with Gasteiger partial charge in [0, 0.05) is 0 Å². The maximum atomic E-state index is 6.17. The summed E-state index contributed by atoms with van der Waals surface area (Å²) in [6.07, 6.45) is 0. The van der Waals surface area contributed by atoms with E-state index in [1.807, 2.05) is 49.4 Å². The lowest BCUT2D eigenvalue weighted by atomic mass is 10.1. The normalized spacial score (nSPS) is 11.8. The molecule has 4 heteroatoms. The van der Waals surface area contributed by atoms with Crippen LogP contribution in [0.5, 0.6) is 17.2 Å². The first-order valence-electron chi connectivity index (χ1n) is 6.81. The molecule has 0 amide bonds. The van der Waals surface area contributed by atoms with Gasteiger partial charge in [0.1, 0.15) is 6.61 Å². The summed E-state index contributed by atoms with van der Waals surface area (Å²) in [6.45, 7) is 2.39. The van der Waals surface area contributed by atoms with Gasteiger partial charge < -0.3 is 19.9 Å². The molecule has 0 spiro atoms. The van der Waals surface area contributed by atoms with Gasteiger partial charge in [0.15, 0.2) is 11.5 Å². The Morgan fingerprint density at radius 3 is 2.05 bits per heavy atom. The Labute approximate surface area is 125 Å². The molecular weight excluding hydrogens is 266 g/mol. The van der Waals surface area contributed by atoms with E-state index in [-0.39, 0.29) is 6.04 Å². The van der Waals surface area contributed by atoms with Crippen LogP contribution in [0.1, 0.15) is 17.2 Å². The summed E-state index contributed by atoms with van der Waals surface area (Å²) in [5.41, 5.74) is 8.41. The molecule has 2 aromatic rings. The van der Waals surface area contributed by atoms with Crippen LogP contribution in [0.25, 0.3) is 0 Å². The van der Waals surface area contributed by atoms with E-state index < -0.39 is 0 Å². The van der Waals surface area contributed by atoms with Crippen LogP contribution in [0.3, 0.4) is 0 Å². The van der Waals surface area contributed by atoms with Crippen LogP contribution in [0.4, 0.5) is 0 Å². The minimum atomic E-state index is -0.208. The number of hydrogen-bond acceptors (Lipinski definition) is 4. The van der Waals surface area contributed by atoms with Gasteiger partial charge in [0.2, 0.25) is 5.75 Å². The lowest BCUT2D eigenvalue weighted by molar-refractivity contribution is 0.257. The van der Waals surface area contributed by atoms with Crippen molar-refractivity contribution in [2.75, 3.05) is 20.8 Å². The Kier molecular flexibility index (Phi) is 5.06. The Bertz CT molecular complexity index is 559. The molecule has 0 heterocycles. The largest absolute Gasteiger partial charge is 0.493 e. The minimum Gasteiger partial charge on any atom is -0.493 e. The number of nitrogens with two attached hydrogens (primary N) is 1. The second kappa shape index (κ2) is 6.99. The van der Waals surface area contributed by atoms with Crippen LogP contribution < -0.4 is 19.9 Å². The van der Waals surface area contributed by atoms with Crippen LogP contribution >= 0.6 is 0 Å². The van der Waals surface area contributed by atoms with Crippen molar-refractivity contribution in [1.29, 1.82) is 0 Å². The molecule has 0 aliphatic carbocycles. The molecule has 2 aromatic carbocycles.